The molecule has 124 valence electrons. The van der Waals surface area contributed by atoms with Crippen LogP contribution in [0.2, 0.25) is 0 Å². The standard InChI is InChI=1S/C19H19NO4/c1-13-8-9-15(19(23)24-2)12-16(13)20-18(22)11-10-17(21)14-6-4-3-5-7-14/h3-9,12H,10-11H2,1-2H3,(H,20,22). The van der Waals surface area contributed by atoms with Gasteiger partial charge in [0.25, 0.3) is 0 Å². The first kappa shape index (κ1) is 17.4. The summed E-state index contributed by atoms with van der Waals surface area (Å²) in [5, 5.41) is 2.74. The molecule has 1 N–H and O–H groups in total. The van der Waals surface area contributed by atoms with Crippen molar-refractivity contribution in [2.45, 2.75) is 19.8 Å². The van der Waals surface area contributed by atoms with Gasteiger partial charge in [0.05, 0.1) is 12.7 Å². The van der Waals surface area contributed by atoms with E-state index in [-0.39, 0.29) is 24.5 Å². The summed E-state index contributed by atoms with van der Waals surface area (Å²) in [5.41, 5.74) is 2.31. The predicted molar refractivity (Wildman–Crippen MR) is 91.2 cm³/mol. The molecule has 0 saturated heterocycles. The van der Waals surface area contributed by atoms with E-state index in [1.54, 1.807) is 42.5 Å². The molecule has 0 aromatic heterocycles. The van der Waals surface area contributed by atoms with E-state index in [0.717, 1.165) is 5.56 Å². The lowest BCUT2D eigenvalue weighted by Crippen LogP contribution is -2.15. The summed E-state index contributed by atoms with van der Waals surface area (Å²) in [6.45, 7) is 1.83. The van der Waals surface area contributed by atoms with E-state index in [4.69, 9.17) is 0 Å². The van der Waals surface area contributed by atoms with Gasteiger partial charge in [0, 0.05) is 24.1 Å². The SMILES string of the molecule is COC(=O)c1ccc(C)c(NC(=O)CCC(=O)c2ccccc2)c1. The van der Waals surface area contributed by atoms with Crippen molar-refractivity contribution in [3.05, 3.63) is 65.2 Å². The Morgan fingerprint density at radius 1 is 0.958 bits per heavy atom. The molecule has 2 aromatic carbocycles. The number of esters is 1. The van der Waals surface area contributed by atoms with Gasteiger partial charge in [-0.3, -0.25) is 9.59 Å². The van der Waals surface area contributed by atoms with Crippen LogP contribution in [-0.4, -0.2) is 24.8 Å². The monoisotopic (exact) mass is 325 g/mol. The Kier molecular flexibility index (Phi) is 5.84. The number of benzene rings is 2. The van der Waals surface area contributed by atoms with E-state index in [1.165, 1.54) is 7.11 Å². The van der Waals surface area contributed by atoms with E-state index in [2.05, 4.69) is 10.1 Å². The molecule has 0 unspecified atom stereocenters. The van der Waals surface area contributed by atoms with Gasteiger partial charge in [-0.25, -0.2) is 4.79 Å². The van der Waals surface area contributed by atoms with E-state index in [1.807, 2.05) is 13.0 Å². The Morgan fingerprint density at radius 2 is 1.67 bits per heavy atom. The topological polar surface area (TPSA) is 72.5 Å². The third kappa shape index (κ3) is 4.52. The van der Waals surface area contributed by atoms with Crippen LogP contribution in [0.25, 0.3) is 0 Å². The zero-order chi connectivity index (χ0) is 17.5. The summed E-state index contributed by atoms with van der Waals surface area (Å²) in [6.07, 6.45) is 0.210. The van der Waals surface area contributed by atoms with Crippen LogP contribution in [0.4, 0.5) is 5.69 Å². The average Bonchev–Trinajstić information content (AvgIpc) is 2.61. The molecule has 5 nitrogen and oxygen atoms in total. The predicted octanol–water partition coefficient (Wildman–Crippen LogP) is 3.38. The molecule has 0 radical (unpaired) electrons. The van der Waals surface area contributed by atoms with E-state index >= 15 is 0 Å². The normalized spacial score (nSPS) is 10.1. The highest BCUT2D eigenvalue weighted by molar-refractivity contribution is 6.00. The molecule has 1 amide bonds. The minimum atomic E-state index is -0.468. The van der Waals surface area contributed by atoms with Crippen molar-refractivity contribution < 1.29 is 19.1 Å². The van der Waals surface area contributed by atoms with Crippen molar-refractivity contribution >= 4 is 23.3 Å². The van der Waals surface area contributed by atoms with Gasteiger partial charge in [0.1, 0.15) is 0 Å². The minimum Gasteiger partial charge on any atom is -0.465 e. The molecule has 5 heteroatoms. The maximum absolute atomic E-state index is 12.1. The highest BCUT2D eigenvalue weighted by Gasteiger charge is 2.12. The van der Waals surface area contributed by atoms with Crippen molar-refractivity contribution in [2.75, 3.05) is 12.4 Å². The van der Waals surface area contributed by atoms with E-state index in [9.17, 15) is 14.4 Å². The van der Waals surface area contributed by atoms with Crippen LogP contribution in [0.3, 0.4) is 0 Å². The van der Waals surface area contributed by atoms with Gasteiger partial charge < -0.3 is 10.1 Å². The molecular weight excluding hydrogens is 306 g/mol. The molecule has 0 atom stereocenters. The maximum Gasteiger partial charge on any atom is 0.337 e. The molecule has 2 aromatic rings. The van der Waals surface area contributed by atoms with Gasteiger partial charge in [-0.2, -0.15) is 0 Å². The fourth-order valence-electron chi connectivity index (χ4n) is 2.21. The highest BCUT2D eigenvalue weighted by atomic mass is 16.5. The second kappa shape index (κ2) is 8.06. The van der Waals surface area contributed by atoms with Crippen LogP contribution in [0.5, 0.6) is 0 Å². The van der Waals surface area contributed by atoms with Crippen molar-refractivity contribution in [3.8, 4) is 0 Å². The number of rotatable bonds is 6. The molecule has 0 bridgehead atoms. The number of ether oxygens (including phenoxy) is 1. The molecule has 0 aliphatic heterocycles. The van der Waals surface area contributed by atoms with Gasteiger partial charge in [-0.1, -0.05) is 36.4 Å². The fourth-order valence-corrected chi connectivity index (χ4v) is 2.21. The van der Waals surface area contributed by atoms with E-state index < -0.39 is 5.97 Å². The second-order valence-electron chi connectivity index (χ2n) is 5.36. The number of methoxy groups -OCH3 is 1. The van der Waals surface area contributed by atoms with E-state index in [0.29, 0.717) is 16.8 Å². The van der Waals surface area contributed by atoms with Gasteiger partial charge in [-0.05, 0) is 24.6 Å². The minimum absolute atomic E-state index is 0.0780. The maximum atomic E-state index is 12.1. The lowest BCUT2D eigenvalue weighted by atomic mass is 10.1. The van der Waals surface area contributed by atoms with Crippen molar-refractivity contribution in [1.82, 2.24) is 0 Å². The zero-order valence-corrected chi connectivity index (χ0v) is 13.7. The van der Waals surface area contributed by atoms with Gasteiger partial charge >= 0.3 is 5.97 Å². The number of carbonyl (C=O) groups is 3. The number of carbonyl (C=O) groups excluding carboxylic acids is 3. The van der Waals surface area contributed by atoms with Crippen LogP contribution in [0, 0.1) is 6.92 Å². The van der Waals surface area contributed by atoms with Crippen LogP contribution >= 0.6 is 0 Å². The number of amides is 1. The fraction of sp³-hybridized carbons (Fsp3) is 0.211. The molecule has 0 spiro atoms. The van der Waals surface area contributed by atoms with Crippen molar-refractivity contribution in [1.29, 1.82) is 0 Å². The number of hydrogen-bond acceptors (Lipinski definition) is 4. The smallest absolute Gasteiger partial charge is 0.337 e. The lowest BCUT2D eigenvalue weighted by Gasteiger charge is -2.10. The molecule has 0 saturated carbocycles. The summed E-state index contributed by atoms with van der Waals surface area (Å²) in [5.74, 6) is -0.820. The van der Waals surface area contributed by atoms with Crippen molar-refractivity contribution in [3.63, 3.8) is 0 Å². The van der Waals surface area contributed by atoms with Crippen molar-refractivity contribution in [2.24, 2.45) is 0 Å². The Labute approximate surface area is 140 Å². The summed E-state index contributed by atoms with van der Waals surface area (Å²) in [4.78, 5) is 35.6. The second-order valence-corrected chi connectivity index (χ2v) is 5.36. The number of ketones is 1. The Bertz CT molecular complexity index is 753. The number of anilines is 1. The number of hydrogen-bond donors (Lipinski definition) is 1. The zero-order valence-electron chi connectivity index (χ0n) is 13.7. The lowest BCUT2D eigenvalue weighted by molar-refractivity contribution is -0.116. The third-order valence-corrected chi connectivity index (χ3v) is 3.61. The van der Waals surface area contributed by atoms with Crippen LogP contribution in [0.15, 0.2) is 48.5 Å². The van der Waals surface area contributed by atoms with Crippen LogP contribution in [0.1, 0.15) is 39.1 Å². The molecule has 2 rings (SSSR count). The summed E-state index contributed by atoms with van der Waals surface area (Å²) < 4.78 is 4.67. The summed E-state index contributed by atoms with van der Waals surface area (Å²) in [7, 11) is 1.30. The first-order chi connectivity index (χ1) is 11.5. The molecule has 0 heterocycles. The van der Waals surface area contributed by atoms with Gasteiger partial charge in [0.15, 0.2) is 5.78 Å². The largest absolute Gasteiger partial charge is 0.465 e. The number of nitrogens with one attached hydrogen (secondary N) is 1. The highest BCUT2D eigenvalue weighted by Crippen LogP contribution is 2.18. The molecular formula is C19H19NO4. The molecule has 0 aliphatic carbocycles. The first-order valence-corrected chi connectivity index (χ1v) is 7.58. The Balaban J connectivity index is 1.97. The molecule has 24 heavy (non-hydrogen) atoms. The molecule has 0 fully saturated rings. The number of Topliss-reactive ketones (excluding diaryl/α,β-unsaturated/α-hetero) is 1. The Morgan fingerprint density at radius 3 is 2.33 bits per heavy atom. The summed E-state index contributed by atoms with van der Waals surface area (Å²) >= 11 is 0. The molecule has 0 aliphatic rings. The van der Waals surface area contributed by atoms with Crippen LogP contribution < -0.4 is 5.32 Å². The summed E-state index contributed by atoms with van der Waals surface area (Å²) in [6, 6.07) is 13.8. The van der Waals surface area contributed by atoms with Gasteiger partial charge in [-0.15, -0.1) is 0 Å². The average molecular weight is 325 g/mol. The van der Waals surface area contributed by atoms with Crippen LogP contribution in [-0.2, 0) is 9.53 Å². The Hall–Kier alpha value is -2.95. The third-order valence-electron chi connectivity index (χ3n) is 3.61. The van der Waals surface area contributed by atoms with Gasteiger partial charge in [0.2, 0.25) is 5.91 Å². The number of aryl methyl sites for hydroxylation is 1. The first-order valence-electron chi connectivity index (χ1n) is 7.58. The quantitative estimate of drug-likeness (QED) is 0.653.